The third kappa shape index (κ3) is 3.91. The third-order valence-electron chi connectivity index (χ3n) is 8.89. The summed E-state index contributed by atoms with van der Waals surface area (Å²) in [4.78, 5) is 57.6. The van der Waals surface area contributed by atoms with Gasteiger partial charge in [-0.15, -0.1) is 0 Å². The number of hydrogen-bond acceptors (Lipinski definition) is 7. The summed E-state index contributed by atoms with van der Waals surface area (Å²) in [5.41, 5.74) is 2.19. The normalized spacial score (nSPS) is 22.5. The van der Waals surface area contributed by atoms with Gasteiger partial charge in [0.15, 0.2) is 11.6 Å². The topological polar surface area (TPSA) is 102 Å². The molecule has 1 spiro atoms. The minimum absolute atomic E-state index is 0.289. The molecule has 44 heavy (non-hydrogen) atoms. The maximum Gasteiger partial charge on any atom is 0.308 e. The van der Waals surface area contributed by atoms with Gasteiger partial charge >= 0.3 is 5.97 Å². The minimum atomic E-state index is -1.45. The Morgan fingerprint density at radius 2 is 1.55 bits per heavy atom. The molecule has 0 aromatic heterocycles. The summed E-state index contributed by atoms with van der Waals surface area (Å²) in [7, 11) is 1.49. The van der Waals surface area contributed by atoms with Crippen LogP contribution in [0.4, 0.5) is 5.69 Å². The zero-order chi connectivity index (χ0) is 30.6. The number of hydrogen-bond donors (Lipinski definition) is 1. The highest BCUT2D eigenvalue weighted by Crippen LogP contribution is 2.62. The summed E-state index contributed by atoms with van der Waals surface area (Å²) >= 11 is 0. The highest BCUT2D eigenvalue weighted by Gasteiger charge is 2.70. The molecule has 8 heteroatoms. The number of carbonyl (C=O) groups is 4. The number of anilines is 1. The lowest BCUT2D eigenvalue weighted by Crippen LogP contribution is -2.49. The number of para-hydroxylation sites is 2. The number of carbonyl (C=O) groups excluding carboxylic acids is 4. The average Bonchev–Trinajstić information content (AvgIpc) is 3.52. The number of rotatable bonds is 6. The van der Waals surface area contributed by atoms with Crippen LogP contribution in [-0.4, -0.2) is 41.5 Å². The van der Waals surface area contributed by atoms with E-state index in [1.165, 1.54) is 14.0 Å². The number of nitrogens with zero attached hydrogens (tertiary/aromatic N) is 1. The summed E-state index contributed by atoms with van der Waals surface area (Å²) < 4.78 is 10.8. The van der Waals surface area contributed by atoms with Crippen LogP contribution in [0.1, 0.15) is 50.4 Å². The molecule has 0 radical (unpaired) electrons. The van der Waals surface area contributed by atoms with Crippen molar-refractivity contribution in [1.82, 2.24) is 4.90 Å². The standard InChI is InChI=1S/C36H28N2O6/c1-21(39)44-24-17-15-23(16-18-24)32(40)31-30(33(41)26-11-5-8-14-29(26)43-2)36(27-12-6-7-13-28(27)37-35(36)42)34-25-10-4-3-9-22(25)19-20-38(31)34/h3-20,30-31,34H,1-2H3,(H,37,42)/t30-,31-,34-,36+/m1/s1. The number of Topliss-reactive ketones (excluding diaryl/α,β-unsaturated/α-hetero) is 2. The van der Waals surface area contributed by atoms with Gasteiger partial charge in [0.1, 0.15) is 23.0 Å². The van der Waals surface area contributed by atoms with Crippen molar-refractivity contribution in [3.05, 3.63) is 131 Å². The van der Waals surface area contributed by atoms with E-state index in [2.05, 4.69) is 5.32 Å². The fourth-order valence-electron chi connectivity index (χ4n) is 7.21. The summed E-state index contributed by atoms with van der Waals surface area (Å²) in [6, 6.07) is 26.6. The molecule has 4 aromatic rings. The van der Waals surface area contributed by atoms with Crippen molar-refractivity contribution >= 4 is 35.2 Å². The van der Waals surface area contributed by atoms with Crippen LogP contribution in [0.5, 0.6) is 11.5 Å². The van der Waals surface area contributed by atoms with E-state index in [4.69, 9.17) is 9.47 Å². The zero-order valence-electron chi connectivity index (χ0n) is 24.0. The molecule has 0 unspecified atom stereocenters. The van der Waals surface area contributed by atoms with Crippen molar-refractivity contribution in [2.45, 2.75) is 24.4 Å². The first-order valence-electron chi connectivity index (χ1n) is 14.3. The van der Waals surface area contributed by atoms with Crippen LogP contribution in [0.25, 0.3) is 6.08 Å². The molecule has 1 N–H and O–H groups in total. The molecule has 1 fully saturated rings. The van der Waals surface area contributed by atoms with E-state index in [9.17, 15) is 19.2 Å². The Bertz CT molecular complexity index is 1880. The van der Waals surface area contributed by atoms with Crippen LogP contribution < -0.4 is 14.8 Å². The van der Waals surface area contributed by atoms with Crippen molar-refractivity contribution in [1.29, 1.82) is 0 Å². The second kappa shape index (κ2) is 10.3. The van der Waals surface area contributed by atoms with Crippen LogP contribution in [0, 0.1) is 5.92 Å². The fourth-order valence-corrected chi connectivity index (χ4v) is 7.21. The number of nitrogens with one attached hydrogen (secondary N) is 1. The molecule has 0 saturated carbocycles. The molecule has 8 nitrogen and oxygen atoms in total. The number of amides is 1. The highest BCUT2D eigenvalue weighted by atomic mass is 16.5. The second-order valence-electron chi connectivity index (χ2n) is 11.1. The van der Waals surface area contributed by atoms with Crippen LogP contribution in [0.15, 0.2) is 103 Å². The van der Waals surface area contributed by atoms with E-state index >= 15 is 0 Å². The van der Waals surface area contributed by atoms with Gasteiger partial charge in [-0.2, -0.15) is 0 Å². The average molecular weight is 585 g/mol. The molecule has 3 aliphatic heterocycles. The molecule has 3 heterocycles. The zero-order valence-corrected chi connectivity index (χ0v) is 24.0. The van der Waals surface area contributed by atoms with Crippen molar-refractivity contribution in [3.63, 3.8) is 0 Å². The van der Waals surface area contributed by atoms with Crippen LogP contribution in [0.2, 0.25) is 0 Å². The van der Waals surface area contributed by atoms with Crippen LogP contribution in [0.3, 0.4) is 0 Å². The van der Waals surface area contributed by atoms with Crippen molar-refractivity contribution in [2.24, 2.45) is 5.92 Å². The Kier molecular flexibility index (Phi) is 6.43. The number of ketones is 2. The Labute approximate surface area is 253 Å². The van der Waals surface area contributed by atoms with E-state index in [-0.39, 0.29) is 23.0 Å². The Hall–Kier alpha value is -5.50. The Morgan fingerprint density at radius 3 is 2.32 bits per heavy atom. The summed E-state index contributed by atoms with van der Waals surface area (Å²) in [5, 5.41) is 3.05. The fraction of sp³-hybridized carbons (Fsp3) is 0.167. The molecule has 7 rings (SSSR count). The first kappa shape index (κ1) is 27.3. The predicted octanol–water partition coefficient (Wildman–Crippen LogP) is 5.60. The SMILES string of the molecule is COc1ccccc1C(=O)[C@H]1[C@H](C(=O)c2ccc(OC(C)=O)cc2)N2C=Cc3ccccc3[C@@H]2[C@@]12C(=O)Nc1ccccc12. The predicted molar refractivity (Wildman–Crippen MR) is 163 cm³/mol. The molecule has 4 atom stereocenters. The van der Waals surface area contributed by atoms with Crippen molar-refractivity contribution < 1.29 is 28.7 Å². The van der Waals surface area contributed by atoms with Gasteiger partial charge in [0.2, 0.25) is 5.91 Å². The number of methoxy groups -OCH3 is 1. The molecular weight excluding hydrogens is 556 g/mol. The van der Waals surface area contributed by atoms with Crippen molar-refractivity contribution in [3.8, 4) is 11.5 Å². The molecular formula is C36H28N2O6. The second-order valence-corrected chi connectivity index (χ2v) is 11.1. The van der Waals surface area contributed by atoms with Gasteiger partial charge in [-0.3, -0.25) is 19.2 Å². The molecule has 1 saturated heterocycles. The van der Waals surface area contributed by atoms with Gasteiger partial charge in [-0.05, 0) is 65.2 Å². The van der Waals surface area contributed by atoms with Crippen LogP contribution >= 0.6 is 0 Å². The maximum absolute atomic E-state index is 15.0. The first-order chi connectivity index (χ1) is 21.4. The maximum atomic E-state index is 15.0. The van der Waals surface area contributed by atoms with Gasteiger partial charge in [0, 0.05) is 24.4 Å². The number of fused-ring (bicyclic) bond motifs is 6. The lowest BCUT2D eigenvalue weighted by atomic mass is 9.62. The largest absolute Gasteiger partial charge is 0.496 e. The summed E-state index contributed by atoms with van der Waals surface area (Å²) in [6.07, 6.45) is 3.74. The van der Waals surface area contributed by atoms with Gasteiger partial charge in [-0.25, -0.2) is 0 Å². The number of benzene rings is 4. The van der Waals surface area contributed by atoms with E-state index in [0.29, 0.717) is 28.3 Å². The lowest BCUT2D eigenvalue weighted by Gasteiger charge is -2.38. The Morgan fingerprint density at radius 1 is 0.841 bits per heavy atom. The number of ether oxygens (including phenoxy) is 2. The molecule has 218 valence electrons. The molecule has 0 bridgehead atoms. The van der Waals surface area contributed by atoms with Crippen LogP contribution in [-0.2, 0) is 15.0 Å². The lowest BCUT2D eigenvalue weighted by molar-refractivity contribution is -0.131. The Balaban J connectivity index is 1.49. The summed E-state index contributed by atoms with van der Waals surface area (Å²) in [5.74, 6) is -2.00. The monoisotopic (exact) mass is 584 g/mol. The van der Waals surface area contributed by atoms with Crippen molar-refractivity contribution in [2.75, 3.05) is 12.4 Å². The quantitative estimate of drug-likeness (QED) is 0.179. The van der Waals surface area contributed by atoms with E-state index in [1.807, 2.05) is 65.7 Å². The smallest absolute Gasteiger partial charge is 0.308 e. The van der Waals surface area contributed by atoms with Gasteiger partial charge in [0.05, 0.1) is 24.6 Å². The van der Waals surface area contributed by atoms with Gasteiger partial charge < -0.3 is 19.7 Å². The first-order valence-corrected chi connectivity index (χ1v) is 14.3. The third-order valence-corrected chi connectivity index (χ3v) is 8.89. The van der Waals surface area contributed by atoms with E-state index in [1.54, 1.807) is 48.5 Å². The van der Waals surface area contributed by atoms with Gasteiger partial charge in [0.25, 0.3) is 0 Å². The van der Waals surface area contributed by atoms with E-state index in [0.717, 1.165) is 11.1 Å². The van der Waals surface area contributed by atoms with E-state index < -0.39 is 29.4 Å². The molecule has 4 aromatic carbocycles. The highest BCUT2D eigenvalue weighted by molar-refractivity contribution is 6.17. The van der Waals surface area contributed by atoms with Gasteiger partial charge in [-0.1, -0.05) is 54.6 Å². The summed E-state index contributed by atoms with van der Waals surface area (Å²) in [6.45, 7) is 1.30. The molecule has 3 aliphatic rings. The molecule has 1 amide bonds. The minimum Gasteiger partial charge on any atom is -0.496 e. The molecule has 0 aliphatic carbocycles. The number of esters is 1.